The van der Waals surface area contributed by atoms with Gasteiger partial charge >= 0.3 is 5.97 Å². The Labute approximate surface area is 114 Å². The molecule has 0 aliphatic carbocycles. The summed E-state index contributed by atoms with van der Waals surface area (Å²) < 4.78 is 18.5. The first-order valence-electron chi connectivity index (χ1n) is 5.72. The molecule has 2 aromatic carbocycles. The summed E-state index contributed by atoms with van der Waals surface area (Å²) in [5.74, 6) is -1.49. The van der Waals surface area contributed by atoms with Crippen molar-refractivity contribution in [1.29, 1.82) is 5.26 Å². The Balaban J connectivity index is 2.38. The first-order valence-corrected chi connectivity index (χ1v) is 5.72. The zero-order valence-corrected chi connectivity index (χ0v) is 10.6. The van der Waals surface area contributed by atoms with Gasteiger partial charge in [-0.15, -0.1) is 0 Å². The summed E-state index contributed by atoms with van der Waals surface area (Å²) in [7, 11) is 0. The van der Waals surface area contributed by atoms with Crippen molar-refractivity contribution >= 4 is 5.97 Å². The third kappa shape index (κ3) is 2.75. The lowest BCUT2D eigenvalue weighted by molar-refractivity contribution is 0.0693. The number of carboxylic acids is 1. The van der Waals surface area contributed by atoms with Crippen molar-refractivity contribution in [1.82, 2.24) is 0 Å². The number of halogens is 1. The molecule has 0 aliphatic rings. The second-order valence-corrected chi connectivity index (χ2v) is 4.14. The van der Waals surface area contributed by atoms with Crippen LogP contribution in [0.25, 0.3) is 0 Å². The van der Waals surface area contributed by atoms with Crippen LogP contribution in [0.3, 0.4) is 0 Å². The Morgan fingerprint density at radius 2 is 2.05 bits per heavy atom. The van der Waals surface area contributed by atoms with Crippen LogP contribution in [0.1, 0.15) is 21.5 Å². The van der Waals surface area contributed by atoms with Crippen LogP contribution in [0.4, 0.5) is 4.39 Å². The maximum absolute atomic E-state index is 13.1. The highest BCUT2D eigenvalue weighted by Crippen LogP contribution is 2.27. The minimum Gasteiger partial charge on any atom is -0.478 e. The summed E-state index contributed by atoms with van der Waals surface area (Å²) in [5, 5.41) is 17.9. The number of hydrogen-bond acceptors (Lipinski definition) is 3. The highest BCUT2D eigenvalue weighted by atomic mass is 19.1. The molecule has 0 unspecified atom stereocenters. The molecule has 0 amide bonds. The van der Waals surface area contributed by atoms with Gasteiger partial charge in [0, 0.05) is 0 Å². The van der Waals surface area contributed by atoms with Gasteiger partial charge in [0.1, 0.15) is 22.9 Å². The first kappa shape index (κ1) is 13.6. The lowest BCUT2D eigenvalue weighted by Gasteiger charge is -2.09. The number of carbonyl (C=O) groups is 1. The van der Waals surface area contributed by atoms with E-state index in [0.29, 0.717) is 16.9 Å². The standard InChI is InChI=1S/C15H10FNO3/c1-9-6-12(4-2-10(9)8-17)20-14-5-3-11(16)7-13(14)15(18)19/h2-7H,1H3,(H,18,19). The van der Waals surface area contributed by atoms with Gasteiger partial charge < -0.3 is 9.84 Å². The molecule has 0 saturated carbocycles. The average molecular weight is 271 g/mol. The van der Waals surface area contributed by atoms with Gasteiger partial charge in [-0.25, -0.2) is 9.18 Å². The zero-order chi connectivity index (χ0) is 14.7. The van der Waals surface area contributed by atoms with Crippen molar-refractivity contribution in [3.05, 3.63) is 58.9 Å². The lowest BCUT2D eigenvalue weighted by Crippen LogP contribution is -2.01. The van der Waals surface area contributed by atoms with E-state index in [0.717, 1.165) is 12.1 Å². The van der Waals surface area contributed by atoms with Gasteiger partial charge in [-0.05, 0) is 48.9 Å². The summed E-state index contributed by atoms with van der Waals surface area (Å²) >= 11 is 0. The van der Waals surface area contributed by atoms with Crippen molar-refractivity contribution in [2.24, 2.45) is 0 Å². The molecule has 0 spiro atoms. The van der Waals surface area contributed by atoms with Gasteiger partial charge in [0.15, 0.2) is 0 Å². The highest BCUT2D eigenvalue weighted by molar-refractivity contribution is 5.91. The second kappa shape index (κ2) is 5.41. The van der Waals surface area contributed by atoms with E-state index >= 15 is 0 Å². The number of nitrogens with zero attached hydrogens (tertiary/aromatic N) is 1. The average Bonchev–Trinajstić information content (AvgIpc) is 2.41. The van der Waals surface area contributed by atoms with E-state index < -0.39 is 11.8 Å². The minimum atomic E-state index is -1.27. The SMILES string of the molecule is Cc1cc(Oc2ccc(F)cc2C(=O)O)ccc1C#N. The largest absolute Gasteiger partial charge is 0.478 e. The molecule has 20 heavy (non-hydrogen) atoms. The molecule has 2 aromatic rings. The van der Waals surface area contributed by atoms with Crippen LogP contribution in [-0.2, 0) is 0 Å². The molecule has 5 heteroatoms. The van der Waals surface area contributed by atoms with E-state index in [9.17, 15) is 9.18 Å². The quantitative estimate of drug-likeness (QED) is 0.927. The number of ether oxygens (including phenoxy) is 1. The van der Waals surface area contributed by atoms with Crippen LogP contribution in [-0.4, -0.2) is 11.1 Å². The predicted octanol–water partition coefficient (Wildman–Crippen LogP) is 3.50. The molecular weight excluding hydrogens is 261 g/mol. The van der Waals surface area contributed by atoms with Crippen molar-refractivity contribution in [3.8, 4) is 17.6 Å². The summed E-state index contributed by atoms with van der Waals surface area (Å²) in [6, 6.07) is 10.1. The number of hydrogen-bond donors (Lipinski definition) is 1. The van der Waals surface area contributed by atoms with E-state index in [2.05, 4.69) is 0 Å². The third-order valence-corrected chi connectivity index (χ3v) is 2.72. The Morgan fingerprint density at radius 1 is 1.30 bits per heavy atom. The normalized spacial score (nSPS) is 9.85. The molecular formula is C15H10FNO3. The molecule has 0 atom stereocenters. The van der Waals surface area contributed by atoms with Crippen LogP contribution in [0.15, 0.2) is 36.4 Å². The fourth-order valence-electron chi connectivity index (χ4n) is 1.71. The Bertz CT molecular complexity index is 720. The second-order valence-electron chi connectivity index (χ2n) is 4.14. The maximum Gasteiger partial charge on any atom is 0.339 e. The summed E-state index contributed by atoms with van der Waals surface area (Å²) in [6.45, 7) is 1.74. The van der Waals surface area contributed by atoms with Gasteiger partial charge in [-0.2, -0.15) is 5.26 Å². The van der Waals surface area contributed by atoms with Crippen molar-refractivity contribution < 1.29 is 19.0 Å². The van der Waals surface area contributed by atoms with Gasteiger partial charge in [-0.1, -0.05) is 0 Å². The number of aromatic carboxylic acids is 1. The molecule has 100 valence electrons. The van der Waals surface area contributed by atoms with Crippen LogP contribution < -0.4 is 4.74 Å². The van der Waals surface area contributed by atoms with Crippen LogP contribution >= 0.6 is 0 Å². The van der Waals surface area contributed by atoms with Gasteiger partial charge in [-0.3, -0.25) is 0 Å². The van der Waals surface area contributed by atoms with E-state index in [1.54, 1.807) is 25.1 Å². The van der Waals surface area contributed by atoms with Crippen molar-refractivity contribution in [2.45, 2.75) is 6.92 Å². The van der Waals surface area contributed by atoms with Gasteiger partial charge in [0.25, 0.3) is 0 Å². The molecule has 0 aromatic heterocycles. The maximum atomic E-state index is 13.1. The zero-order valence-electron chi connectivity index (χ0n) is 10.6. The number of benzene rings is 2. The van der Waals surface area contributed by atoms with E-state index in [1.165, 1.54) is 6.07 Å². The smallest absolute Gasteiger partial charge is 0.339 e. The molecule has 0 fully saturated rings. The van der Waals surface area contributed by atoms with Gasteiger partial charge in [0.2, 0.25) is 0 Å². The molecule has 0 heterocycles. The van der Waals surface area contributed by atoms with Crippen molar-refractivity contribution in [2.75, 3.05) is 0 Å². The number of rotatable bonds is 3. The highest BCUT2D eigenvalue weighted by Gasteiger charge is 2.13. The Kier molecular flexibility index (Phi) is 3.67. The Hall–Kier alpha value is -2.87. The predicted molar refractivity (Wildman–Crippen MR) is 69.3 cm³/mol. The Morgan fingerprint density at radius 3 is 2.65 bits per heavy atom. The lowest BCUT2D eigenvalue weighted by atomic mass is 10.1. The fourth-order valence-corrected chi connectivity index (χ4v) is 1.71. The van der Waals surface area contributed by atoms with Crippen LogP contribution in [0.2, 0.25) is 0 Å². The summed E-state index contributed by atoms with van der Waals surface area (Å²) in [4.78, 5) is 11.0. The monoisotopic (exact) mass is 271 g/mol. The minimum absolute atomic E-state index is 0.0445. The third-order valence-electron chi connectivity index (χ3n) is 2.72. The molecule has 0 saturated heterocycles. The number of nitriles is 1. The molecule has 0 bridgehead atoms. The molecule has 4 nitrogen and oxygen atoms in total. The van der Waals surface area contributed by atoms with E-state index in [-0.39, 0.29) is 11.3 Å². The van der Waals surface area contributed by atoms with Gasteiger partial charge in [0.05, 0.1) is 11.6 Å². The summed E-state index contributed by atoms with van der Waals surface area (Å²) in [5.41, 5.74) is 0.964. The van der Waals surface area contributed by atoms with E-state index in [1.807, 2.05) is 6.07 Å². The van der Waals surface area contributed by atoms with Crippen LogP contribution in [0, 0.1) is 24.1 Å². The molecule has 1 N–H and O–H groups in total. The summed E-state index contributed by atoms with van der Waals surface area (Å²) in [6.07, 6.45) is 0. The first-order chi connectivity index (χ1) is 9.51. The topological polar surface area (TPSA) is 70.3 Å². The van der Waals surface area contributed by atoms with E-state index in [4.69, 9.17) is 15.1 Å². The number of aryl methyl sites for hydroxylation is 1. The molecule has 0 radical (unpaired) electrons. The fraction of sp³-hybridized carbons (Fsp3) is 0.0667. The van der Waals surface area contributed by atoms with Crippen LogP contribution in [0.5, 0.6) is 11.5 Å². The molecule has 2 rings (SSSR count). The van der Waals surface area contributed by atoms with Crippen molar-refractivity contribution in [3.63, 3.8) is 0 Å². The number of carboxylic acid groups (broad SMARTS) is 1. The molecule has 0 aliphatic heterocycles.